The molecule has 0 aliphatic heterocycles. The smallest absolute Gasteiger partial charge is 0.0805 e. The van der Waals surface area contributed by atoms with Gasteiger partial charge in [-0.15, -0.1) is 11.3 Å². The van der Waals surface area contributed by atoms with Crippen molar-refractivity contribution in [2.75, 3.05) is 0 Å². The average Bonchev–Trinajstić information content (AvgIpc) is 2.77. The van der Waals surface area contributed by atoms with E-state index < -0.39 is 0 Å². The molecule has 2 aromatic rings. The van der Waals surface area contributed by atoms with Gasteiger partial charge in [-0.05, 0) is 57.9 Å². The van der Waals surface area contributed by atoms with E-state index in [0.717, 1.165) is 9.70 Å². The quantitative estimate of drug-likeness (QED) is 0.644. The van der Waals surface area contributed by atoms with Crippen LogP contribution in [0.15, 0.2) is 40.2 Å². The van der Waals surface area contributed by atoms with E-state index in [1.807, 2.05) is 0 Å². The first-order chi connectivity index (χ1) is 9.29. The second kappa shape index (κ2) is 5.75. The largest absolute Gasteiger partial charge is 0.271 e. The zero-order valence-corrected chi connectivity index (χ0v) is 13.0. The zero-order chi connectivity index (χ0) is 13.2. The molecule has 0 radical (unpaired) electrons. The molecule has 1 aliphatic rings. The third-order valence-electron chi connectivity index (χ3n) is 3.90. The van der Waals surface area contributed by atoms with Gasteiger partial charge in [0.05, 0.1) is 9.83 Å². The van der Waals surface area contributed by atoms with Crippen molar-refractivity contribution in [2.45, 2.75) is 31.2 Å². The third-order valence-corrected chi connectivity index (χ3v) is 5.59. The highest BCUT2D eigenvalue weighted by molar-refractivity contribution is 9.11. The van der Waals surface area contributed by atoms with Crippen LogP contribution in [0.25, 0.3) is 0 Å². The minimum Gasteiger partial charge on any atom is -0.271 e. The predicted octanol–water partition coefficient (Wildman–Crippen LogP) is 4.33. The molecular weight excluding hydrogens is 320 g/mol. The number of nitrogens with one attached hydrogen (secondary N) is 1. The molecule has 1 unspecified atom stereocenters. The van der Waals surface area contributed by atoms with Crippen molar-refractivity contribution < 1.29 is 0 Å². The van der Waals surface area contributed by atoms with Crippen LogP contribution in [0.2, 0.25) is 0 Å². The van der Waals surface area contributed by atoms with E-state index in [0.29, 0.717) is 0 Å². The molecule has 3 rings (SSSR count). The van der Waals surface area contributed by atoms with Gasteiger partial charge in [-0.25, -0.2) is 5.43 Å². The SMILES string of the molecule is NNC(c1ccc(Br)s1)c1ccccc1C1CCC1. The standard InChI is InChI=1S/C15H17BrN2S/c16-14-9-8-13(19-14)15(18-17)12-7-2-1-6-11(12)10-4-3-5-10/h1-2,6-10,15,18H,3-5,17H2. The Bertz CT molecular complexity index is 563. The highest BCUT2D eigenvalue weighted by Crippen LogP contribution is 2.41. The van der Waals surface area contributed by atoms with Crippen LogP contribution in [-0.4, -0.2) is 0 Å². The van der Waals surface area contributed by atoms with E-state index in [1.54, 1.807) is 11.3 Å². The number of benzene rings is 1. The Kier molecular flexibility index (Phi) is 4.03. The Balaban J connectivity index is 1.99. The van der Waals surface area contributed by atoms with Crippen molar-refractivity contribution in [1.82, 2.24) is 5.43 Å². The van der Waals surface area contributed by atoms with Gasteiger partial charge in [0.25, 0.3) is 0 Å². The summed E-state index contributed by atoms with van der Waals surface area (Å²) in [5.74, 6) is 6.53. The molecule has 0 amide bonds. The van der Waals surface area contributed by atoms with E-state index in [1.165, 1.54) is 35.3 Å². The second-order valence-electron chi connectivity index (χ2n) is 5.00. The topological polar surface area (TPSA) is 38.0 Å². The third kappa shape index (κ3) is 2.63. The lowest BCUT2D eigenvalue weighted by Gasteiger charge is -2.30. The van der Waals surface area contributed by atoms with Gasteiger partial charge in [-0.3, -0.25) is 5.84 Å². The number of rotatable bonds is 4. The molecule has 0 bridgehead atoms. The molecular formula is C15H17BrN2S. The molecule has 1 fully saturated rings. The summed E-state index contributed by atoms with van der Waals surface area (Å²) in [4.78, 5) is 1.25. The van der Waals surface area contributed by atoms with Crippen molar-refractivity contribution in [3.05, 3.63) is 56.2 Å². The van der Waals surface area contributed by atoms with Gasteiger partial charge in [0.2, 0.25) is 0 Å². The van der Waals surface area contributed by atoms with E-state index >= 15 is 0 Å². The average molecular weight is 337 g/mol. The molecule has 1 aromatic carbocycles. The number of thiophene rings is 1. The molecule has 1 saturated carbocycles. The fraction of sp³-hybridized carbons (Fsp3) is 0.333. The number of hydrogen-bond donors (Lipinski definition) is 2. The van der Waals surface area contributed by atoms with Gasteiger partial charge in [-0.2, -0.15) is 0 Å². The van der Waals surface area contributed by atoms with Gasteiger partial charge in [0.1, 0.15) is 0 Å². The van der Waals surface area contributed by atoms with Crippen molar-refractivity contribution in [3.8, 4) is 0 Å². The summed E-state index contributed by atoms with van der Waals surface area (Å²) in [6.07, 6.45) is 3.97. The van der Waals surface area contributed by atoms with E-state index in [-0.39, 0.29) is 6.04 Å². The van der Waals surface area contributed by atoms with Crippen molar-refractivity contribution in [1.29, 1.82) is 0 Å². The fourth-order valence-corrected chi connectivity index (χ4v) is 4.18. The lowest BCUT2D eigenvalue weighted by molar-refractivity contribution is 0.414. The Hall–Kier alpha value is -0.680. The van der Waals surface area contributed by atoms with E-state index in [2.05, 4.69) is 57.8 Å². The van der Waals surface area contributed by atoms with Crippen LogP contribution in [0.4, 0.5) is 0 Å². The van der Waals surface area contributed by atoms with Crippen molar-refractivity contribution >= 4 is 27.3 Å². The van der Waals surface area contributed by atoms with Gasteiger partial charge < -0.3 is 0 Å². The van der Waals surface area contributed by atoms with Crippen molar-refractivity contribution in [3.63, 3.8) is 0 Å². The zero-order valence-electron chi connectivity index (χ0n) is 10.6. The summed E-state index contributed by atoms with van der Waals surface area (Å²) in [5.41, 5.74) is 5.76. The van der Waals surface area contributed by atoms with Gasteiger partial charge in [0, 0.05) is 4.88 Å². The number of nitrogens with two attached hydrogens (primary N) is 1. The maximum Gasteiger partial charge on any atom is 0.0805 e. The minimum atomic E-state index is 0.0908. The first-order valence-electron chi connectivity index (χ1n) is 6.60. The number of halogens is 1. The van der Waals surface area contributed by atoms with Gasteiger partial charge in [0.15, 0.2) is 0 Å². The van der Waals surface area contributed by atoms with Crippen LogP contribution < -0.4 is 11.3 Å². The Morgan fingerprint density at radius 1 is 1.21 bits per heavy atom. The van der Waals surface area contributed by atoms with Gasteiger partial charge in [-0.1, -0.05) is 30.7 Å². The van der Waals surface area contributed by atoms with Crippen LogP contribution in [-0.2, 0) is 0 Å². The Morgan fingerprint density at radius 2 is 2.00 bits per heavy atom. The maximum atomic E-state index is 5.82. The summed E-state index contributed by atoms with van der Waals surface area (Å²) in [6.45, 7) is 0. The molecule has 0 saturated heterocycles. The molecule has 2 nitrogen and oxygen atoms in total. The van der Waals surface area contributed by atoms with Crippen LogP contribution in [0, 0.1) is 0 Å². The highest BCUT2D eigenvalue weighted by Gasteiger charge is 2.25. The summed E-state index contributed by atoms with van der Waals surface area (Å²) >= 11 is 5.26. The van der Waals surface area contributed by atoms with Gasteiger partial charge >= 0.3 is 0 Å². The first kappa shape index (κ1) is 13.3. The van der Waals surface area contributed by atoms with Crippen LogP contribution >= 0.6 is 27.3 Å². The van der Waals surface area contributed by atoms with Crippen molar-refractivity contribution in [2.24, 2.45) is 5.84 Å². The minimum absolute atomic E-state index is 0.0908. The monoisotopic (exact) mass is 336 g/mol. The molecule has 1 aliphatic carbocycles. The Morgan fingerprint density at radius 3 is 2.58 bits per heavy atom. The van der Waals surface area contributed by atoms with Crippen LogP contribution in [0.1, 0.15) is 47.2 Å². The number of hydrogen-bond acceptors (Lipinski definition) is 3. The summed E-state index contributed by atoms with van der Waals surface area (Å²) in [5, 5.41) is 0. The van der Waals surface area contributed by atoms with Crippen LogP contribution in [0.3, 0.4) is 0 Å². The van der Waals surface area contributed by atoms with Crippen LogP contribution in [0.5, 0.6) is 0 Å². The fourth-order valence-electron chi connectivity index (χ4n) is 2.67. The maximum absolute atomic E-state index is 5.82. The molecule has 100 valence electrons. The van der Waals surface area contributed by atoms with E-state index in [4.69, 9.17) is 5.84 Å². The molecule has 0 spiro atoms. The molecule has 1 aromatic heterocycles. The summed E-state index contributed by atoms with van der Waals surface area (Å²) in [7, 11) is 0. The number of hydrazine groups is 1. The van der Waals surface area contributed by atoms with E-state index in [9.17, 15) is 0 Å². The molecule has 19 heavy (non-hydrogen) atoms. The second-order valence-corrected chi connectivity index (χ2v) is 7.49. The predicted molar refractivity (Wildman–Crippen MR) is 84.2 cm³/mol. The summed E-state index contributed by atoms with van der Waals surface area (Å²) in [6, 6.07) is 13.0. The molecule has 1 heterocycles. The molecule has 1 atom stereocenters. The highest BCUT2D eigenvalue weighted by atomic mass is 79.9. The lowest BCUT2D eigenvalue weighted by atomic mass is 9.77. The lowest BCUT2D eigenvalue weighted by Crippen LogP contribution is -2.29. The molecule has 4 heteroatoms. The first-order valence-corrected chi connectivity index (χ1v) is 8.20. The normalized spacial score (nSPS) is 17.2. The molecule has 3 N–H and O–H groups in total. The Labute approximate surface area is 126 Å². The summed E-state index contributed by atoms with van der Waals surface area (Å²) < 4.78 is 1.14.